The van der Waals surface area contributed by atoms with Crippen molar-refractivity contribution >= 4 is 46.2 Å². The van der Waals surface area contributed by atoms with Gasteiger partial charge in [-0.25, -0.2) is 14.6 Å². The van der Waals surface area contributed by atoms with Crippen molar-refractivity contribution in [1.82, 2.24) is 4.98 Å². The summed E-state index contributed by atoms with van der Waals surface area (Å²) in [6.07, 6.45) is -4.59. The highest BCUT2D eigenvalue weighted by molar-refractivity contribution is 7.13. The number of aromatic carboxylic acids is 1. The molecule has 11 heteroatoms. The summed E-state index contributed by atoms with van der Waals surface area (Å²) in [5.74, 6) is -1.29. The van der Waals surface area contributed by atoms with Crippen molar-refractivity contribution in [1.29, 1.82) is 0 Å². The zero-order valence-corrected chi connectivity index (χ0v) is 20.2. The number of nitrogens with zero attached hydrogens (tertiary/aromatic N) is 1. The van der Waals surface area contributed by atoms with E-state index < -0.39 is 17.7 Å². The minimum absolute atomic E-state index is 0.0845. The van der Waals surface area contributed by atoms with E-state index in [4.69, 9.17) is 28.0 Å². The van der Waals surface area contributed by atoms with Crippen LogP contribution in [0.2, 0.25) is 10.0 Å². The Morgan fingerprint density at radius 2 is 1.74 bits per heavy atom. The lowest BCUT2D eigenvalue weighted by molar-refractivity contribution is -0.829. The van der Waals surface area contributed by atoms with E-state index in [9.17, 15) is 23.1 Å². The van der Waals surface area contributed by atoms with Gasteiger partial charge in [0.05, 0.1) is 34.0 Å². The number of aromatic nitrogens is 1. The molecule has 1 aromatic heterocycles. The van der Waals surface area contributed by atoms with Crippen molar-refractivity contribution in [2.24, 2.45) is 0 Å². The number of quaternary nitrogens is 1. The predicted molar refractivity (Wildman–Crippen MR) is 129 cm³/mol. The minimum atomic E-state index is -4.59. The lowest BCUT2D eigenvalue weighted by atomic mass is 9.94. The van der Waals surface area contributed by atoms with Crippen LogP contribution in [0, 0.1) is 0 Å². The quantitative estimate of drug-likeness (QED) is 0.206. The first-order valence-electron chi connectivity index (χ1n) is 9.95. The molecule has 0 bridgehead atoms. The van der Waals surface area contributed by atoms with Gasteiger partial charge >= 0.3 is 12.1 Å². The molecule has 0 saturated carbocycles. The minimum Gasteiger partial charge on any atom is -0.478 e. The Morgan fingerprint density at radius 3 is 2.40 bits per heavy atom. The van der Waals surface area contributed by atoms with Gasteiger partial charge in [-0.2, -0.15) is 18.7 Å². The van der Waals surface area contributed by atoms with Gasteiger partial charge in [-0.1, -0.05) is 41.4 Å². The zero-order valence-electron chi connectivity index (χ0n) is 17.9. The van der Waals surface area contributed by atoms with Crippen LogP contribution in [-0.2, 0) is 11.0 Å². The number of carbonyl (C=O) groups is 1. The number of alkyl halides is 3. The molecule has 0 aliphatic carbocycles. The number of hydrogen-bond donors (Lipinski definition) is 2. The van der Waals surface area contributed by atoms with E-state index in [1.165, 1.54) is 42.1 Å². The molecule has 0 radical (unpaired) electrons. The average molecular weight is 540 g/mol. The molecule has 35 heavy (non-hydrogen) atoms. The van der Waals surface area contributed by atoms with Crippen LogP contribution in [-0.4, -0.2) is 23.2 Å². The van der Waals surface area contributed by atoms with Gasteiger partial charge in [0.25, 0.3) is 0 Å². The SMILES string of the molecule is CO[NH2+]c1ccc(C(F)(F)F)cc1-c1ccc(-c2nc(-c3ccc(Cl)c(Cl)c3)cs2)cc1C(=O)O. The molecule has 0 amide bonds. The van der Waals surface area contributed by atoms with Gasteiger partial charge < -0.3 is 5.11 Å². The molecule has 180 valence electrons. The van der Waals surface area contributed by atoms with Gasteiger partial charge in [-0.05, 0) is 30.3 Å². The van der Waals surface area contributed by atoms with Crippen molar-refractivity contribution in [3.05, 3.63) is 81.1 Å². The lowest BCUT2D eigenvalue weighted by Crippen LogP contribution is -2.76. The molecule has 3 aromatic carbocycles. The number of carboxylic acid groups (broad SMARTS) is 1. The van der Waals surface area contributed by atoms with Crippen LogP contribution in [0.15, 0.2) is 60.0 Å². The number of rotatable bonds is 6. The maximum atomic E-state index is 13.4. The molecular formula is C24H16Cl2F3N2O3S+. The van der Waals surface area contributed by atoms with Crippen molar-refractivity contribution in [2.75, 3.05) is 7.11 Å². The van der Waals surface area contributed by atoms with E-state index in [-0.39, 0.29) is 16.7 Å². The average Bonchev–Trinajstić information content (AvgIpc) is 3.30. The van der Waals surface area contributed by atoms with Crippen molar-refractivity contribution in [3.8, 4) is 33.0 Å². The number of halogens is 5. The lowest BCUT2D eigenvalue weighted by Gasteiger charge is -2.13. The summed E-state index contributed by atoms with van der Waals surface area (Å²) < 4.78 is 40.1. The zero-order chi connectivity index (χ0) is 25.3. The smallest absolute Gasteiger partial charge is 0.416 e. The summed E-state index contributed by atoms with van der Waals surface area (Å²) in [6, 6.07) is 12.7. The van der Waals surface area contributed by atoms with Gasteiger partial charge in [0.1, 0.15) is 5.01 Å². The Morgan fingerprint density at radius 1 is 1.00 bits per heavy atom. The highest BCUT2D eigenvalue weighted by atomic mass is 35.5. The fourth-order valence-corrected chi connectivity index (χ4v) is 4.60. The number of hydrogen-bond acceptors (Lipinski definition) is 4. The number of benzene rings is 3. The Balaban J connectivity index is 1.80. The van der Waals surface area contributed by atoms with E-state index in [1.807, 2.05) is 0 Å². The summed E-state index contributed by atoms with van der Waals surface area (Å²) in [7, 11) is 1.36. The highest BCUT2D eigenvalue weighted by Gasteiger charge is 2.32. The predicted octanol–water partition coefficient (Wildman–Crippen LogP) is 6.92. The second kappa shape index (κ2) is 9.96. The van der Waals surface area contributed by atoms with E-state index in [1.54, 1.807) is 29.6 Å². The van der Waals surface area contributed by atoms with Crippen molar-refractivity contribution < 1.29 is 33.4 Å². The normalized spacial score (nSPS) is 11.6. The molecule has 0 spiro atoms. The van der Waals surface area contributed by atoms with Crippen LogP contribution >= 0.6 is 34.5 Å². The van der Waals surface area contributed by atoms with Gasteiger partial charge in [0.15, 0.2) is 5.69 Å². The fourth-order valence-electron chi connectivity index (χ4n) is 3.48. The standard InChI is InChI=1S/C24H15Cl2F3N2O3S/c1-34-31-20-7-4-14(24(27,28)29)10-16(20)15-5-2-13(8-17(15)23(32)33)22-30-21(11-35-22)12-3-6-18(25)19(26)9-12/h2-11,31H,1H3,(H,32,33)/p+1. The third-order valence-electron chi connectivity index (χ3n) is 5.13. The summed E-state index contributed by atoms with van der Waals surface area (Å²) in [5, 5.41) is 13.0. The maximum Gasteiger partial charge on any atom is 0.416 e. The Kier molecular flexibility index (Phi) is 7.16. The van der Waals surface area contributed by atoms with Gasteiger partial charge in [0, 0.05) is 33.7 Å². The molecule has 0 aliphatic heterocycles. The number of thiazole rings is 1. The Labute approximate surface area is 211 Å². The van der Waals surface area contributed by atoms with E-state index in [0.29, 0.717) is 32.0 Å². The third kappa shape index (κ3) is 5.34. The summed E-state index contributed by atoms with van der Waals surface area (Å²) >= 11 is 13.4. The number of carboxylic acids is 1. The molecule has 0 atom stereocenters. The number of nitrogens with two attached hydrogens (primary N) is 1. The molecule has 4 aromatic rings. The monoisotopic (exact) mass is 539 g/mol. The molecule has 0 aliphatic rings. The topological polar surface area (TPSA) is 76.0 Å². The van der Waals surface area contributed by atoms with E-state index in [2.05, 4.69) is 4.98 Å². The highest BCUT2D eigenvalue weighted by Crippen LogP contribution is 2.38. The summed E-state index contributed by atoms with van der Waals surface area (Å²) in [5.41, 5.74) is 2.59. The molecule has 0 fully saturated rings. The van der Waals surface area contributed by atoms with Crippen LogP contribution < -0.4 is 5.48 Å². The first kappa shape index (κ1) is 25.2. The van der Waals surface area contributed by atoms with Gasteiger partial charge in [-0.15, -0.1) is 11.3 Å². The molecule has 5 nitrogen and oxygen atoms in total. The maximum absolute atomic E-state index is 13.4. The van der Waals surface area contributed by atoms with Crippen molar-refractivity contribution in [2.45, 2.75) is 6.18 Å². The second-order valence-corrected chi connectivity index (χ2v) is 9.06. The van der Waals surface area contributed by atoms with E-state index in [0.717, 1.165) is 17.7 Å². The Hall–Kier alpha value is -2.95. The molecule has 0 saturated heterocycles. The second-order valence-electron chi connectivity index (χ2n) is 7.39. The first-order chi connectivity index (χ1) is 16.6. The third-order valence-corrected chi connectivity index (χ3v) is 6.76. The summed E-state index contributed by atoms with van der Waals surface area (Å²) in [4.78, 5) is 21.7. The molecule has 3 N–H and O–H groups in total. The van der Waals surface area contributed by atoms with Gasteiger partial charge in [-0.3, -0.25) is 0 Å². The molecule has 4 rings (SSSR count). The molecule has 0 unspecified atom stereocenters. The first-order valence-corrected chi connectivity index (χ1v) is 11.6. The van der Waals surface area contributed by atoms with Crippen LogP contribution in [0.25, 0.3) is 33.0 Å². The van der Waals surface area contributed by atoms with Crippen LogP contribution in [0.1, 0.15) is 15.9 Å². The van der Waals surface area contributed by atoms with E-state index >= 15 is 0 Å². The van der Waals surface area contributed by atoms with Crippen LogP contribution in [0.4, 0.5) is 18.9 Å². The van der Waals surface area contributed by atoms with Crippen molar-refractivity contribution in [3.63, 3.8) is 0 Å². The Bertz CT molecular complexity index is 1420. The summed E-state index contributed by atoms with van der Waals surface area (Å²) in [6.45, 7) is 0. The molecular weight excluding hydrogens is 524 g/mol. The fraction of sp³-hybridized carbons (Fsp3) is 0.0833. The van der Waals surface area contributed by atoms with Gasteiger partial charge in [0.2, 0.25) is 0 Å². The van der Waals surface area contributed by atoms with Crippen LogP contribution in [0.3, 0.4) is 0 Å². The van der Waals surface area contributed by atoms with Crippen LogP contribution in [0.5, 0.6) is 0 Å². The largest absolute Gasteiger partial charge is 0.478 e. The molecule has 1 heterocycles.